The highest BCUT2D eigenvalue weighted by Gasteiger charge is 2.40. The van der Waals surface area contributed by atoms with Crippen LogP contribution in [0.1, 0.15) is 49.1 Å². The highest BCUT2D eigenvalue weighted by Crippen LogP contribution is 2.44. The summed E-state index contributed by atoms with van der Waals surface area (Å²) in [5, 5.41) is 15.0. The van der Waals surface area contributed by atoms with Crippen LogP contribution in [0.25, 0.3) is 11.1 Å². The summed E-state index contributed by atoms with van der Waals surface area (Å²) in [4.78, 5) is 36.7. The molecule has 0 aliphatic heterocycles. The minimum atomic E-state index is -0.970. The summed E-state index contributed by atoms with van der Waals surface area (Å²) in [6.45, 7) is 0.589. The largest absolute Gasteiger partial charge is 0.480 e. The summed E-state index contributed by atoms with van der Waals surface area (Å²) < 4.78 is 5.60. The Morgan fingerprint density at radius 3 is 2.21 bits per heavy atom. The minimum Gasteiger partial charge on any atom is -0.480 e. The predicted molar refractivity (Wildman–Crippen MR) is 126 cm³/mol. The molecule has 3 aliphatic carbocycles. The second-order valence-corrected chi connectivity index (χ2v) is 9.67. The van der Waals surface area contributed by atoms with Crippen LogP contribution < -0.4 is 10.6 Å². The third kappa shape index (κ3) is 4.52. The van der Waals surface area contributed by atoms with E-state index in [1.165, 1.54) is 11.1 Å². The maximum absolute atomic E-state index is 12.8. The van der Waals surface area contributed by atoms with Gasteiger partial charge in [0.25, 0.3) is 0 Å². The van der Waals surface area contributed by atoms with Gasteiger partial charge in [0, 0.05) is 18.4 Å². The van der Waals surface area contributed by atoms with Crippen molar-refractivity contribution in [1.29, 1.82) is 0 Å². The van der Waals surface area contributed by atoms with Crippen molar-refractivity contribution < 1.29 is 24.2 Å². The van der Waals surface area contributed by atoms with Crippen LogP contribution >= 0.6 is 0 Å². The second-order valence-electron chi connectivity index (χ2n) is 9.67. The molecule has 2 fully saturated rings. The third-order valence-electron chi connectivity index (χ3n) is 7.51. The van der Waals surface area contributed by atoms with E-state index in [1.807, 2.05) is 24.3 Å². The van der Waals surface area contributed by atoms with Crippen LogP contribution in [-0.4, -0.2) is 42.3 Å². The lowest BCUT2D eigenvalue weighted by atomic mass is 9.94. The van der Waals surface area contributed by atoms with Crippen molar-refractivity contribution in [2.45, 2.75) is 44.1 Å². The molecule has 0 bridgehead atoms. The normalized spacial score (nSPS) is 21.9. The van der Waals surface area contributed by atoms with Gasteiger partial charge in [-0.1, -0.05) is 55.0 Å². The first-order valence-electron chi connectivity index (χ1n) is 12.1. The highest BCUT2D eigenvalue weighted by molar-refractivity contribution is 5.86. The number of fused-ring (bicyclic) bond motifs is 3. The van der Waals surface area contributed by atoms with E-state index in [2.05, 4.69) is 34.9 Å². The van der Waals surface area contributed by atoms with Crippen LogP contribution in [-0.2, 0) is 14.3 Å². The first-order chi connectivity index (χ1) is 16.5. The molecule has 0 spiro atoms. The maximum atomic E-state index is 12.8. The predicted octanol–water partition coefficient (Wildman–Crippen LogP) is 3.92. The fraction of sp³-hybridized carbons (Fsp3) is 0.444. The Balaban J connectivity index is 1.14. The van der Waals surface area contributed by atoms with Gasteiger partial charge in [-0.25, -0.2) is 9.59 Å². The van der Waals surface area contributed by atoms with Gasteiger partial charge in [0.2, 0.25) is 5.91 Å². The van der Waals surface area contributed by atoms with Crippen molar-refractivity contribution in [3.05, 3.63) is 59.7 Å². The summed E-state index contributed by atoms with van der Waals surface area (Å²) in [7, 11) is 0. The number of alkyl carbamates (subject to hydrolysis) is 1. The molecule has 178 valence electrons. The van der Waals surface area contributed by atoms with Gasteiger partial charge < -0.3 is 20.5 Å². The molecule has 2 saturated carbocycles. The van der Waals surface area contributed by atoms with E-state index in [9.17, 15) is 19.5 Å². The number of hydrogen-bond donors (Lipinski definition) is 3. The zero-order valence-corrected chi connectivity index (χ0v) is 19.0. The molecule has 2 amide bonds. The lowest BCUT2D eigenvalue weighted by molar-refractivity contribution is -0.143. The van der Waals surface area contributed by atoms with Crippen LogP contribution in [0.3, 0.4) is 0 Å². The van der Waals surface area contributed by atoms with E-state index >= 15 is 0 Å². The average molecular weight is 463 g/mol. The smallest absolute Gasteiger partial charge is 0.407 e. The van der Waals surface area contributed by atoms with E-state index in [-0.39, 0.29) is 36.2 Å². The topological polar surface area (TPSA) is 105 Å². The Morgan fingerprint density at radius 1 is 0.941 bits per heavy atom. The molecule has 7 heteroatoms. The van der Waals surface area contributed by atoms with Gasteiger partial charge in [0.05, 0.1) is 0 Å². The molecule has 0 aromatic heterocycles. The number of aliphatic carboxylic acids is 1. The molecular formula is C27H30N2O5. The van der Waals surface area contributed by atoms with Crippen molar-refractivity contribution in [3.63, 3.8) is 0 Å². The van der Waals surface area contributed by atoms with Gasteiger partial charge in [-0.2, -0.15) is 0 Å². The Labute approximate surface area is 198 Å². The number of amides is 2. The number of benzene rings is 2. The number of hydrogen-bond acceptors (Lipinski definition) is 4. The SMILES string of the molecule is O=C(NC[C@@H]1CCC[C@@H]1C(=O)NC(C(=O)O)C1CC1)OCC1c2ccccc2-c2ccccc21. The van der Waals surface area contributed by atoms with Gasteiger partial charge in [-0.3, -0.25) is 4.79 Å². The zero-order chi connectivity index (χ0) is 23.7. The van der Waals surface area contributed by atoms with Gasteiger partial charge in [0.15, 0.2) is 0 Å². The van der Waals surface area contributed by atoms with Gasteiger partial charge in [-0.15, -0.1) is 0 Å². The average Bonchev–Trinajstić information content (AvgIpc) is 3.48. The Morgan fingerprint density at radius 2 is 1.59 bits per heavy atom. The van der Waals surface area contributed by atoms with E-state index in [0.29, 0.717) is 13.0 Å². The maximum Gasteiger partial charge on any atom is 0.407 e. The molecule has 2 aromatic carbocycles. The van der Waals surface area contributed by atoms with Crippen LogP contribution in [0.15, 0.2) is 48.5 Å². The Kier molecular flexibility index (Phi) is 6.26. The quantitative estimate of drug-likeness (QED) is 0.552. The Bertz CT molecular complexity index is 1050. The molecule has 0 saturated heterocycles. The van der Waals surface area contributed by atoms with Crippen LogP contribution in [0, 0.1) is 17.8 Å². The lowest BCUT2D eigenvalue weighted by Crippen LogP contribution is -2.46. The molecule has 3 atom stereocenters. The number of carbonyl (C=O) groups is 3. The molecule has 3 N–H and O–H groups in total. The first kappa shape index (κ1) is 22.4. The monoisotopic (exact) mass is 462 g/mol. The molecule has 7 nitrogen and oxygen atoms in total. The second kappa shape index (κ2) is 9.49. The van der Waals surface area contributed by atoms with E-state index in [4.69, 9.17) is 4.74 Å². The van der Waals surface area contributed by atoms with E-state index < -0.39 is 18.1 Å². The first-order valence-corrected chi connectivity index (χ1v) is 12.1. The van der Waals surface area contributed by atoms with Crippen molar-refractivity contribution in [2.75, 3.05) is 13.2 Å². The summed E-state index contributed by atoms with van der Waals surface area (Å²) in [6, 6.07) is 15.6. The number of carboxylic acid groups (broad SMARTS) is 1. The molecule has 1 unspecified atom stereocenters. The summed E-state index contributed by atoms with van der Waals surface area (Å²) in [5.41, 5.74) is 4.68. The number of carbonyl (C=O) groups excluding carboxylic acids is 2. The fourth-order valence-electron chi connectivity index (χ4n) is 5.56. The van der Waals surface area contributed by atoms with Crippen LogP contribution in [0.2, 0.25) is 0 Å². The number of rotatable bonds is 8. The minimum absolute atomic E-state index is 0.00136. The van der Waals surface area contributed by atoms with Crippen molar-refractivity contribution in [2.24, 2.45) is 17.8 Å². The molecule has 5 rings (SSSR count). The van der Waals surface area contributed by atoms with Crippen LogP contribution in [0.5, 0.6) is 0 Å². The highest BCUT2D eigenvalue weighted by atomic mass is 16.5. The van der Waals surface area contributed by atoms with Crippen molar-refractivity contribution in [1.82, 2.24) is 10.6 Å². The fourth-order valence-corrected chi connectivity index (χ4v) is 5.56. The summed E-state index contributed by atoms with van der Waals surface area (Å²) in [6.07, 6.45) is 3.61. The van der Waals surface area contributed by atoms with E-state index in [1.54, 1.807) is 0 Å². The van der Waals surface area contributed by atoms with Crippen molar-refractivity contribution in [3.8, 4) is 11.1 Å². The van der Waals surface area contributed by atoms with Gasteiger partial charge in [-0.05, 0) is 59.8 Å². The Hall–Kier alpha value is -3.35. The van der Waals surface area contributed by atoms with Gasteiger partial charge >= 0.3 is 12.1 Å². The summed E-state index contributed by atoms with van der Waals surface area (Å²) >= 11 is 0. The lowest BCUT2D eigenvalue weighted by Gasteiger charge is -2.22. The van der Waals surface area contributed by atoms with Crippen LogP contribution in [0.4, 0.5) is 4.79 Å². The standard InChI is InChI=1S/C27H30N2O5/c30-25(29-24(26(31)32)16-12-13-16)18-11-5-6-17(18)14-28-27(33)34-15-23-21-9-3-1-7-19(21)20-8-2-4-10-22(20)23/h1-4,7-10,16-18,23-24H,5-6,11-15H2,(H,28,33)(H,29,30)(H,31,32)/t17-,18-,24?/m0/s1. The molecule has 34 heavy (non-hydrogen) atoms. The number of nitrogens with one attached hydrogen (secondary N) is 2. The molecule has 0 heterocycles. The van der Waals surface area contributed by atoms with Crippen molar-refractivity contribution >= 4 is 18.0 Å². The van der Waals surface area contributed by atoms with Gasteiger partial charge in [0.1, 0.15) is 12.6 Å². The van der Waals surface area contributed by atoms with E-state index in [0.717, 1.165) is 36.8 Å². The zero-order valence-electron chi connectivity index (χ0n) is 19.0. The molecule has 3 aliphatic rings. The molecule has 2 aromatic rings. The third-order valence-corrected chi connectivity index (χ3v) is 7.51. The number of ether oxygens (including phenoxy) is 1. The molecular weight excluding hydrogens is 432 g/mol. The number of carboxylic acids is 1. The molecule has 0 radical (unpaired) electrons. The summed E-state index contributed by atoms with van der Waals surface area (Å²) in [5.74, 6) is -1.44.